The van der Waals surface area contributed by atoms with Gasteiger partial charge in [-0.2, -0.15) is 0 Å². The van der Waals surface area contributed by atoms with E-state index in [0.29, 0.717) is 5.41 Å². The van der Waals surface area contributed by atoms with Crippen LogP contribution < -0.4 is 5.73 Å². The van der Waals surface area contributed by atoms with Crippen molar-refractivity contribution in [2.75, 3.05) is 19.6 Å². The van der Waals surface area contributed by atoms with Crippen LogP contribution in [-0.2, 0) is 4.74 Å². The monoisotopic (exact) mass is 282 g/mol. The van der Waals surface area contributed by atoms with Crippen molar-refractivity contribution in [3.05, 3.63) is 0 Å². The van der Waals surface area contributed by atoms with Gasteiger partial charge >= 0.3 is 0 Å². The van der Waals surface area contributed by atoms with Gasteiger partial charge in [0, 0.05) is 25.2 Å². The van der Waals surface area contributed by atoms with Crippen LogP contribution in [0.15, 0.2) is 0 Å². The topological polar surface area (TPSA) is 38.5 Å². The molecule has 1 saturated heterocycles. The second-order valence-corrected chi connectivity index (χ2v) is 9.07. The third-order valence-corrected chi connectivity index (χ3v) is 5.28. The highest BCUT2D eigenvalue weighted by atomic mass is 16.5. The van der Waals surface area contributed by atoms with E-state index in [0.717, 1.165) is 19.6 Å². The van der Waals surface area contributed by atoms with Crippen molar-refractivity contribution >= 4 is 0 Å². The number of ether oxygens (including phenoxy) is 1. The number of nitrogens with two attached hydrogens (primary N) is 1. The van der Waals surface area contributed by atoms with E-state index in [4.69, 9.17) is 10.5 Å². The Hall–Kier alpha value is -0.120. The predicted molar refractivity (Wildman–Crippen MR) is 84.9 cm³/mol. The van der Waals surface area contributed by atoms with Crippen LogP contribution in [0.4, 0.5) is 0 Å². The Morgan fingerprint density at radius 1 is 0.850 bits per heavy atom. The number of hydrogen-bond donors (Lipinski definition) is 1. The van der Waals surface area contributed by atoms with Gasteiger partial charge in [-0.3, -0.25) is 4.90 Å². The summed E-state index contributed by atoms with van der Waals surface area (Å²) in [6, 6.07) is 0. The van der Waals surface area contributed by atoms with Crippen molar-refractivity contribution in [1.29, 1.82) is 0 Å². The number of nitrogens with zero attached hydrogens (tertiary/aromatic N) is 1. The normalized spacial score (nSPS) is 31.9. The fraction of sp³-hybridized carbons (Fsp3) is 1.00. The van der Waals surface area contributed by atoms with Crippen LogP contribution in [0.1, 0.15) is 67.2 Å². The zero-order valence-electron chi connectivity index (χ0n) is 14.4. The fourth-order valence-corrected chi connectivity index (χ4v) is 4.16. The van der Waals surface area contributed by atoms with Crippen molar-refractivity contribution in [1.82, 2.24) is 4.90 Å². The summed E-state index contributed by atoms with van der Waals surface area (Å²) in [5.74, 6) is 0. The first-order valence-electron chi connectivity index (χ1n) is 8.15. The van der Waals surface area contributed by atoms with Gasteiger partial charge in [-0.1, -0.05) is 13.8 Å². The van der Waals surface area contributed by atoms with Gasteiger partial charge in [0.05, 0.1) is 11.2 Å². The summed E-state index contributed by atoms with van der Waals surface area (Å²) in [7, 11) is 0. The Kier molecular flexibility index (Phi) is 4.03. The molecule has 1 heterocycles. The van der Waals surface area contributed by atoms with E-state index >= 15 is 0 Å². The first-order chi connectivity index (χ1) is 8.99. The van der Waals surface area contributed by atoms with E-state index in [1.165, 1.54) is 25.7 Å². The molecule has 1 aliphatic carbocycles. The smallest absolute Gasteiger partial charge is 0.0761 e. The molecule has 3 nitrogen and oxygen atoms in total. The van der Waals surface area contributed by atoms with Crippen LogP contribution in [0.25, 0.3) is 0 Å². The van der Waals surface area contributed by atoms with Crippen molar-refractivity contribution in [2.24, 2.45) is 11.1 Å². The largest absolute Gasteiger partial charge is 0.367 e. The van der Waals surface area contributed by atoms with E-state index in [1.54, 1.807) is 0 Å². The summed E-state index contributed by atoms with van der Waals surface area (Å²) in [6.07, 6.45) is 5.01. The molecule has 0 radical (unpaired) electrons. The number of morpholine rings is 1. The van der Waals surface area contributed by atoms with Gasteiger partial charge in [-0.05, 0) is 58.8 Å². The molecular weight excluding hydrogens is 248 g/mol. The molecule has 0 atom stereocenters. The van der Waals surface area contributed by atoms with Crippen molar-refractivity contribution in [2.45, 2.75) is 84.0 Å². The Labute approximate surface area is 125 Å². The quantitative estimate of drug-likeness (QED) is 0.845. The number of rotatable bonds is 2. The summed E-state index contributed by atoms with van der Waals surface area (Å²) in [6.45, 7) is 16.4. The Morgan fingerprint density at radius 3 is 1.70 bits per heavy atom. The maximum absolute atomic E-state index is 6.25. The molecule has 0 bridgehead atoms. The molecule has 0 aromatic carbocycles. The molecular formula is C17H34N2O. The third-order valence-electron chi connectivity index (χ3n) is 5.28. The van der Waals surface area contributed by atoms with E-state index < -0.39 is 0 Å². The molecule has 0 aromatic rings. The maximum atomic E-state index is 6.25. The van der Waals surface area contributed by atoms with Gasteiger partial charge in [0.2, 0.25) is 0 Å². The summed E-state index contributed by atoms with van der Waals surface area (Å²) < 4.78 is 6.23. The van der Waals surface area contributed by atoms with Crippen LogP contribution in [-0.4, -0.2) is 41.3 Å². The molecule has 3 heteroatoms. The molecule has 20 heavy (non-hydrogen) atoms. The molecule has 0 amide bonds. The minimum Gasteiger partial charge on any atom is -0.367 e. The van der Waals surface area contributed by atoms with Crippen LogP contribution in [0.2, 0.25) is 0 Å². The predicted octanol–water partition coefficient (Wildman–Crippen LogP) is 3.17. The van der Waals surface area contributed by atoms with Crippen LogP contribution in [0.5, 0.6) is 0 Å². The van der Waals surface area contributed by atoms with Crippen molar-refractivity contribution in [3.63, 3.8) is 0 Å². The van der Waals surface area contributed by atoms with E-state index in [9.17, 15) is 0 Å². The Balaban J connectivity index is 2.19. The lowest BCUT2D eigenvalue weighted by Crippen LogP contribution is -2.67. The molecule has 1 aliphatic heterocycles. The molecule has 0 spiro atoms. The first-order valence-corrected chi connectivity index (χ1v) is 8.15. The van der Waals surface area contributed by atoms with E-state index in [-0.39, 0.29) is 16.7 Å². The fourth-order valence-electron chi connectivity index (χ4n) is 4.16. The van der Waals surface area contributed by atoms with Gasteiger partial charge in [0.15, 0.2) is 0 Å². The lowest BCUT2D eigenvalue weighted by Gasteiger charge is -2.57. The summed E-state index contributed by atoms with van der Waals surface area (Å²) in [5.41, 5.74) is 6.75. The summed E-state index contributed by atoms with van der Waals surface area (Å²) >= 11 is 0. The summed E-state index contributed by atoms with van der Waals surface area (Å²) in [4.78, 5) is 2.64. The first kappa shape index (κ1) is 16.3. The van der Waals surface area contributed by atoms with Crippen LogP contribution in [0, 0.1) is 5.41 Å². The van der Waals surface area contributed by atoms with E-state index in [1.807, 2.05) is 0 Å². The molecule has 2 rings (SSSR count). The highest BCUT2D eigenvalue weighted by molar-refractivity contribution is 5.03. The minimum atomic E-state index is -0.0864. The minimum absolute atomic E-state index is 0.0864. The average molecular weight is 282 g/mol. The van der Waals surface area contributed by atoms with Gasteiger partial charge in [0.25, 0.3) is 0 Å². The van der Waals surface area contributed by atoms with Gasteiger partial charge in [-0.25, -0.2) is 0 Å². The van der Waals surface area contributed by atoms with E-state index in [2.05, 4.69) is 46.4 Å². The van der Waals surface area contributed by atoms with Crippen LogP contribution in [0.3, 0.4) is 0 Å². The zero-order valence-corrected chi connectivity index (χ0v) is 14.4. The maximum Gasteiger partial charge on any atom is 0.0761 e. The van der Waals surface area contributed by atoms with Crippen LogP contribution >= 0.6 is 0 Å². The van der Waals surface area contributed by atoms with Gasteiger partial charge < -0.3 is 10.5 Å². The summed E-state index contributed by atoms with van der Waals surface area (Å²) in [5, 5.41) is 0. The molecule has 1 saturated carbocycles. The van der Waals surface area contributed by atoms with Gasteiger partial charge in [-0.15, -0.1) is 0 Å². The highest BCUT2D eigenvalue weighted by Gasteiger charge is 2.48. The Morgan fingerprint density at radius 2 is 1.30 bits per heavy atom. The molecule has 2 aliphatic rings. The molecule has 0 unspecified atom stereocenters. The molecule has 2 N–H and O–H groups in total. The van der Waals surface area contributed by atoms with Gasteiger partial charge in [0.1, 0.15) is 0 Å². The Bertz CT molecular complexity index is 334. The zero-order chi connectivity index (χ0) is 15.2. The third kappa shape index (κ3) is 3.37. The standard InChI is InChI=1S/C17H34N2O/c1-14(2)7-9-17(11-18,10-8-14)19-12-15(3,4)20-16(5,6)13-19/h7-13,18H2,1-6H3. The number of hydrogen-bond acceptors (Lipinski definition) is 3. The lowest BCUT2D eigenvalue weighted by atomic mass is 9.68. The lowest BCUT2D eigenvalue weighted by molar-refractivity contribution is -0.203. The second kappa shape index (κ2) is 4.96. The molecule has 118 valence electrons. The average Bonchev–Trinajstić information content (AvgIpc) is 2.25. The molecule has 2 fully saturated rings. The van der Waals surface area contributed by atoms with Crippen molar-refractivity contribution < 1.29 is 4.74 Å². The molecule has 0 aromatic heterocycles. The SMILES string of the molecule is CC1(C)CCC(CN)(N2CC(C)(C)OC(C)(C)C2)CC1. The van der Waals surface area contributed by atoms with Crippen molar-refractivity contribution in [3.8, 4) is 0 Å². The highest BCUT2D eigenvalue weighted by Crippen LogP contribution is 2.45. The second-order valence-electron chi connectivity index (χ2n) is 9.07.